The van der Waals surface area contributed by atoms with Crippen LogP contribution >= 0.6 is 0 Å². The molecule has 2 fully saturated rings. The molecule has 1 spiro atoms. The zero-order chi connectivity index (χ0) is 27.3. The summed E-state index contributed by atoms with van der Waals surface area (Å²) in [5.74, 6) is 1.85. The molecule has 1 atom stereocenters. The molecule has 0 N–H and O–H groups in total. The Hall–Kier alpha value is -3.94. The molecule has 6 rings (SSSR count). The summed E-state index contributed by atoms with van der Waals surface area (Å²) in [6.07, 6.45) is 8.28. The van der Waals surface area contributed by atoms with Gasteiger partial charge in [-0.05, 0) is 50.0 Å². The van der Waals surface area contributed by atoms with Crippen molar-refractivity contribution < 1.29 is 23.5 Å². The van der Waals surface area contributed by atoms with Crippen molar-refractivity contribution in [1.29, 1.82) is 0 Å². The van der Waals surface area contributed by atoms with Crippen LogP contribution < -0.4 is 0 Å². The molecule has 0 saturated carbocycles. The fraction of sp³-hybridized carbons (Fsp3) is 0.419. The molecule has 1 aromatic carbocycles. The van der Waals surface area contributed by atoms with Gasteiger partial charge in [-0.3, -0.25) is 9.69 Å². The van der Waals surface area contributed by atoms with Crippen LogP contribution in [0.5, 0.6) is 0 Å². The Morgan fingerprint density at radius 2 is 1.92 bits per heavy atom. The van der Waals surface area contributed by atoms with Crippen molar-refractivity contribution in [2.75, 3.05) is 40.4 Å². The van der Waals surface area contributed by atoms with Gasteiger partial charge in [-0.2, -0.15) is 0 Å². The Morgan fingerprint density at radius 3 is 2.62 bits per heavy atom. The molecule has 2 saturated heterocycles. The molecule has 8 nitrogen and oxygen atoms in total. The molecule has 0 bridgehead atoms. The number of allylic oxidation sites excluding steroid dienone is 4. The highest BCUT2D eigenvalue weighted by atomic mass is 16.5. The first-order chi connectivity index (χ1) is 18.9. The molecular formula is C31H35N3O5. The monoisotopic (exact) mass is 529 g/mol. The lowest BCUT2D eigenvalue weighted by Crippen LogP contribution is -2.54. The van der Waals surface area contributed by atoms with Gasteiger partial charge in [0.25, 0.3) is 5.91 Å². The summed E-state index contributed by atoms with van der Waals surface area (Å²) in [5.41, 5.74) is 3.60. The summed E-state index contributed by atoms with van der Waals surface area (Å²) in [7, 11) is 3.34. The largest absolute Gasteiger partial charge is 0.497 e. The number of para-hydroxylation sites is 1. The van der Waals surface area contributed by atoms with Gasteiger partial charge in [-0.25, -0.2) is 4.79 Å². The lowest BCUT2D eigenvalue weighted by molar-refractivity contribution is 0.0549. The Bertz CT molecular complexity index is 1420. The van der Waals surface area contributed by atoms with Gasteiger partial charge in [0, 0.05) is 54.8 Å². The molecule has 1 aliphatic carbocycles. The number of carbonyl (C=O) groups excluding carboxylic acids is 2. The summed E-state index contributed by atoms with van der Waals surface area (Å²) in [6, 6.07) is 9.52. The number of rotatable bonds is 4. The number of carbonyl (C=O) groups is 2. The Balaban J connectivity index is 1.30. The average Bonchev–Trinajstić information content (AvgIpc) is 3.33. The maximum absolute atomic E-state index is 13.9. The van der Waals surface area contributed by atoms with Gasteiger partial charge >= 0.3 is 6.03 Å². The second-order valence-electron chi connectivity index (χ2n) is 10.7. The number of nitrogens with zero attached hydrogens (tertiary/aromatic N) is 3. The summed E-state index contributed by atoms with van der Waals surface area (Å²) < 4.78 is 17.2. The highest BCUT2D eigenvalue weighted by Crippen LogP contribution is 2.47. The average molecular weight is 530 g/mol. The maximum Gasteiger partial charge on any atom is 0.325 e. The minimum absolute atomic E-state index is 0.0323. The van der Waals surface area contributed by atoms with Crippen LogP contribution in [0.25, 0.3) is 11.0 Å². The van der Waals surface area contributed by atoms with E-state index in [1.54, 1.807) is 14.2 Å². The van der Waals surface area contributed by atoms with Crippen LogP contribution in [0.2, 0.25) is 0 Å². The third kappa shape index (κ3) is 3.96. The minimum atomic E-state index is -0.445. The lowest BCUT2D eigenvalue weighted by Gasteiger charge is -2.44. The molecule has 8 heteroatoms. The molecule has 39 heavy (non-hydrogen) atoms. The number of likely N-dealkylation sites (tertiary alicyclic amines) is 1. The molecule has 3 aliphatic heterocycles. The number of hydrogen-bond acceptors (Lipinski definition) is 5. The molecule has 204 valence electrons. The topological polar surface area (TPSA) is 75.5 Å². The standard InChI is InChI=1S/C31H35N3O5/c1-5-34-30(36)33-19-22-10-11-23(37-3)18-25(38-4)28(22)20(2)16-27(33)31(34)12-14-32(15-13-31)29(35)26-17-21-8-6-7-9-24(21)39-26/h6-9,11,16-18,20H,5,10,12-15,19H2,1-4H3/t20-/m0/s1. The number of amides is 3. The third-order valence-electron chi connectivity index (χ3n) is 8.71. The van der Waals surface area contributed by atoms with Gasteiger partial charge in [0.2, 0.25) is 0 Å². The van der Waals surface area contributed by atoms with Crippen LogP contribution in [0.3, 0.4) is 0 Å². The van der Waals surface area contributed by atoms with Gasteiger partial charge in [0.05, 0.1) is 19.8 Å². The summed E-state index contributed by atoms with van der Waals surface area (Å²) in [4.78, 5) is 33.1. The van der Waals surface area contributed by atoms with Gasteiger partial charge in [-0.1, -0.05) is 31.2 Å². The fourth-order valence-corrected chi connectivity index (χ4v) is 6.80. The smallest absolute Gasteiger partial charge is 0.325 e. The molecule has 1 aromatic heterocycles. The van der Waals surface area contributed by atoms with Crippen LogP contribution in [-0.2, 0) is 9.47 Å². The van der Waals surface area contributed by atoms with E-state index in [2.05, 4.69) is 19.1 Å². The van der Waals surface area contributed by atoms with E-state index in [-0.39, 0.29) is 17.9 Å². The minimum Gasteiger partial charge on any atom is -0.497 e. The number of benzene rings is 1. The maximum atomic E-state index is 13.9. The molecule has 3 amide bonds. The first kappa shape index (κ1) is 25.3. The van der Waals surface area contributed by atoms with Crippen LogP contribution in [0, 0.1) is 5.92 Å². The Morgan fingerprint density at radius 1 is 1.15 bits per heavy atom. The number of hydrogen-bond donors (Lipinski definition) is 0. The summed E-state index contributed by atoms with van der Waals surface area (Å²) >= 11 is 0. The van der Waals surface area contributed by atoms with Gasteiger partial charge in [0.1, 0.15) is 17.1 Å². The van der Waals surface area contributed by atoms with Gasteiger partial charge < -0.3 is 23.7 Å². The van der Waals surface area contributed by atoms with E-state index in [4.69, 9.17) is 13.9 Å². The molecule has 0 unspecified atom stereocenters. The second-order valence-corrected chi connectivity index (χ2v) is 10.7. The van der Waals surface area contributed by atoms with Crippen molar-refractivity contribution in [3.8, 4) is 0 Å². The fourth-order valence-electron chi connectivity index (χ4n) is 6.80. The Kier molecular flexibility index (Phi) is 6.28. The molecular weight excluding hydrogens is 494 g/mol. The lowest BCUT2D eigenvalue weighted by atomic mass is 9.81. The predicted molar refractivity (Wildman–Crippen MR) is 148 cm³/mol. The zero-order valence-corrected chi connectivity index (χ0v) is 23.0. The third-order valence-corrected chi connectivity index (χ3v) is 8.71. The van der Waals surface area contributed by atoms with Crippen molar-refractivity contribution in [1.82, 2.24) is 14.7 Å². The number of piperidine rings is 1. The van der Waals surface area contributed by atoms with Crippen molar-refractivity contribution in [3.05, 3.63) is 82.7 Å². The van der Waals surface area contributed by atoms with E-state index < -0.39 is 5.54 Å². The number of urea groups is 1. The molecule has 4 aliphatic rings. The van der Waals surface area contributed by atoms with Gasteiger partial charge in [0.15, 0.2) is 5.76 Å². The molecule has 2 aromatic rings. The quantitative estimate of drug-likeness (QED) is 0.526. The van der Waals surface area contributed by atoms with E-state index in [9.17, 15) is 9.59 Å². The van der Waals surface area contributed by atoms with Crippen LogP contribution in [0.1, 0.15) is 43.7 Å². The van der Waals surface area contributed by atoms with Gasteiger partial charge in [-0.15, -0.1) is 0 Å². The molecule has 0 radical (unpaired) electrons. The van der Waals surface area contributed by atoms with E-state index in [1.165, 1.54) is 0 Å². The van der Waals surface area contributed by atoms with E-state index >= 15 is 0 Å². The Labute approximate surface area is 228 Å². The first-order valence-electron chi connectivity index (χ1n) is 13.7. The molecule has 4 heterocycles. The van der Waals surface area contributed by atoms with Crippen LogP contribution in [-0.4, -0.2) is 72.6 Å². The SMILES string of the molecule is CCN1C(=O)N2CC3=C(C(OC)=CC(OC)=CC3)[C@@H](C)C=C2C12CCN(C(=O)c1cc3ccccc3o1)CC2. The summed E-state index contributed by atoms with van der Waals surface area (Å²) in [6.45, 7) is 6.44. The van der Waals surface area contributed by atoms with E-state index in [0.29, 0.717) is 56.8 Å². The van der Waals surface area contributed by atoms with E-state index in [0.717, 1.165) is 33.7 Å². The van der Waals surface area contributed by atoms with E-state index in [1.807, 2.05) is 58.0 Å². The number of likely N-dealkylation sites (N-methyl/N-ethyl adjacent to an activating group) is 1. The number of furan rings is 1. The van der Waals surface area contributed by atoms with Crippen molar-refractivity contribution >= 4 is 22.9 Å². The normalized spacial score (nSPS) is 22.7. The highest BCUT2D eigenvalue weighted by Gasteiger charge is 2.55. The number of methoxy groups -OCH3 is 2. The van der Waals surface area contributed by atoms with Crippen molar-refractivity contribution in [2.45, 2.75) is 38.6 Å². The zero-order valence-electron chi connectivity index (χ0n) is 23.0. The number of fused-ring (bicyclic) bond motifs is 3. The second kappa shape index (κ2) is 9.67. The van der Waals surface area contributed by atoms with Crippen LogP contribution in [0.4, 0.5) is 4.79 Å². The van der Waals surface area contributed by atoms with Crippen molar-refractivity contribution in [2.24, 2.45) is 5.92 Å². The predicted octanol–water partition coefficient (Wildman–Crippen LogP) is 5.46. The first-order valence-corrected chi connectivity index (χ1v) is 13.7. The highest BCUT2D eigenvalue weighted by molar-refractivity contribution is 5.96. The van der Waals surface area contributed by atoms with Crippen LogP contribution in [0.15, 0.2) is 81.3 Å². The summed E-state index contributed by atoms with van der Waals surface area (Å²) in [5, 5.41) is 0.922. The number of ether oxygens (including phenoxy) is 2. The van der Waals surface area contributed by atoms with Crippen molar-refractivity contribution in [3.63, 3.8) is 0 Å².